The molecule has 0 aliphatic carbocycles. The maximum Gasteiger partial charge on any atom is 0.177 e. The SMILES string of the molecule is C[C@@H](c1nc2ccccc2s1)[NH+](C)Cc1cc(-c2cccs2)on1. The first kappa shape index (κ1) is 15.5. The number of benzene rings is 1. The lowest BCUT2D eigenvalue weighted by molar-refractivity contribution is -0.924. The monoisotopic (exact) mass is 356 g/mol. The van der Waals surface area contributed by atoms with Crippen molar-refractivity contribution >= 4 is 32.9 Å². The molecule has 0 fully saturated rings. The fourth-order valence-corrected chi connectivity index (χ4v) is 4.44. The largest absolute Gasteiger partial charge is 0.355 e. The molecule has 0 radical (unpaired) electrons. The molecule has 122 valence electrons. The van der Waals surface area contributed by atoms with Crippen LogP contribution in [0.1, 0.15) is 23.7 Å². The fourth-order valence-electron chi connectivity index (χ4n) is 2.65. The van der Waals surface area contributed by atoms with Gasteiger partial charge in [-0.3, -0.25) is 0 Å². The van der Waals surface area contributed by atoms with Crippen LogP contribution in [-0.4, -0.2) is 17.2 Å². The highest BCUT2D eigenvalue weighted by Crippen LogP contribution is 2.26. The average molecular weight is 356 g/mol. The van der Waals surface area contributed by atoms with E-state index in [-0.39, 0.29) is 0 Å². The van der Waals surface area contributed by atoms with Gasteiger partial charge in [0.2, 0.25) is 0 Å². The Morgan fingerprint density at radius 3 is 2.88 bits per heavy atom. The van der Waals surface area contributed by atoms with Gasteiger partial charge in [-0.25, -0.2) is 4.98 Å². The van der Waals surface area contributed by atoms with Crippen LogP contribution in [0.15, 0.2) is 52.4 Å². The summed E-state index contributed by atoms with van der Waals surface area (Å²) in [6, 6.07) is 14.7. The number of thiophene rings is 1. The van der Waals surface area contributed by atoms with E-state index in [4.69, 9.17) is 9.51 Å². The van der Waals surface area contributed by atoms with E-state index in [1.807, 2.05) is 23.6 Å². The number of nitrogens with zero attached hydrogens (tertiary/aromatic N) is 2. The normalized spacial score (nSPS) is 14.1. The van der Waals surface area contributed by atoms with Gasteiger partial charge >= 0.3 is 0 Å². The smallest absolute Gasteiger partial charge is 0.177 e. The first-order valence-corrected chi connectivity index (χ1v) is 9.57. The van der Waals surface area contributed by atoms with Crippen LogP contribution in [-0.2, 0) is 6.54 Å². The van der Waals surface area contributed by atoms with Gasteiger partial charge in [0.25, 0.3) is 0 Å². The number of hydrogen-bond donors (Lipinski definition) is 1. The summed E-state index contributed by atoms with van der Waals surface area (Å²) < 4.78 is 6.72. The highest BCUT2D eigenvalue weighted by Gasteiger charge is 2.21. The summed E-state index contributed by atoms with van der Waals surface area (Å²) in [6.45, 7) is 3.03. The van der Waals surface area contributed by atoms with Gasteiger partial charge in [0.15, 0.2) is 10.8 Å². The predicted octanol–water partition coefficient (Wildman–Crippen LogP) is 3.79. The number of quaternary nitrogens is 1. The minimum atomic E-state index is 0.310. The van der Waals surface area contributed by atoms with Gasteiger partial charge in [-0.1, -0.05) is 23.4 Å². The summed E-state index contributed by atoms with van der Waals surface area (Å²) in [5.41, 5.74) is 2.06. The van der Waals surface area contributed by atoms with Gasteiger partial charge in [-0.2, -0.15) is 0 Å². The number of aromatic nitrogens is 2. The maximum atomic E-state index is 5.48. The lowest BCUT2D eigenvalue weighted by Gasteiger charge is -2.18. The molecule has 1 aromatic carbocycles. The first-order valence-electron chi connectivity index (χ1n) is 7.88. The average Bonchev–Trinajstić information content (AvgIpc) is 3.32. The molecule has 0 aliphatic rings. The van der Waals surface area contributed by atoms with Gasteiger partial charge in [-0.05, 0) is 30.5 Å². The zero-order valence-corrected chi connectivity index (χ0v) is 15.2. The second kappa shape index (κ2) is 6.47. The van der Waals surface area contributed by atoms with E-state index in [1.165, 1.54) is 9.60 Å². The molecule has 6 heteroatoms. The number of hydrogen-bond acceptors (Lipinski definition) is 5. The molecule has 0 saturated carbocycles. The van der Waals surface area contributed by atoms with Crippen LogP contribution in [0.5, 0.6) is 0 Å². The van der Waals surface area contributed by atoms with E-state index < -0.39 is 0 Å². The Labute approximate surface area is 148 Å². The summed E-state index contributed by atoms with van der Waals surface area (Å²) in [5.74, 6) is 0.848. The molecule has 1 N–H and O–H groups in total. The summed E-state index contributed by atoms with van der Waals surface area (Å²) in [4.78, 5) is 7.24. The quantitative estimate of drug-likeness (QED) is 0.592. The van der Waals surface area contributed by atoms with Crippen molar-refractivity contribution < 1.29 is 9.42 Å². The Balaban J connectivity index is 1.50. The predicted molar refractivity (Wildman–Crippen MR) is 98.4 cm³/mol. The Morgan fingerprint density at radius 1 is 1.21 bits per heavy atom. The molecule has 0 bridgehead atoms. The molecular formula is C18H18N3OS2+. The molecule has 24 heavy (non-hydrogen) atoms. The summed E-state index contributed by atoms with van der Waals surface area (Å²) >= 11 is 3.44. The third-order valence-corrected chi connectivity index (χ3v) is 6.31. The van der Waals surface area contributed by atoms with Crippen LogP contribution in [0.2, 0.25) is 0 Å². The second-order valence-corrected chi connectivity index (χ2v) is 7.93. The molecule has 4 nitrogen and oxygen atoms in total. The Kier molecular flexibility index (Phi) is 4.18. The Bertz CT molecular complexity index is 909. The highest BCUT2D eigenvalue weighted by atomic mass is 32.1. The minimum absolute atomic E-state index is 0.310. The van der Waals surface area contributed by atoms with E-state index in [2.05, 4.69) is 43.4 Å². The molecule has 0 spiro atoms. The Hall–Kier alpha value is -2.02. The molecule has 3 aromatic heterocycles. The first-order chi connectivity index (χ1) is 11.7. The van der Waals surface area contributed by atoms with Crippen LogP contribution in [0.4, 0.5) is 0 Å². The summed E-state index contributed by atoms with van der Waals surface area (Å²) in [7, 11) is 2.18. The van der Waals surface area contributed by atoms with Crippen molar-refractivity contribution in [2.45, 2.75) is 19.5 Å². The standard InChI is InChI=1S/C18H17N3OS2/c1-12(18-19-14-6-3-4-7-16(14)24-18)21(2)11-13-10-15(22-20-13)17-8-5-9-23-17/h3-10,12H,11H2,1-2H3/p+1/t12-/m0/s1. The number of fused-ring (bicyclic) bond motifs is 1. The topological polar surface area (TPSA) is 43.4 Å². The van der Waals surface area contributed by atoms with Crippen LogP contribution in [0, 0.1) is 0 Å². The van der Waals surface area contributed by atoms with Crippen LogP contribution < -0.4 is 4.90 Å². The van der Waals surface area contributed by atoms with Gasteiger partial charge < -0.3 is 9.42 Å². The molecule has 0 amide bonds. The van der Waals surface area contributed by atoms with Crippen molar-refractivity contribution in [3.63, 3.8) is 0 Å². The van der Waals surface area contributed by atoms with Crippen molar-refractivity contribution in [1.82, 2.24) is 10.1 Å². The Morgan fingerprint density at radius 2 is 2.08 bits per heavy atom. The van der Waals surface area contributed by atoms with Crippen molar-refractivity contribution in [2.75, 3.05) is 7.05 Å². The highest BCUT2D eigenvalue weighted by molar-refractivity contribution is 7.18. The van der Waals surface area contributed by atoms with Crippen molar-refractivity contribution in [3.05, 3.63) is 58.5 Å². The van der Waals surface area contributed by atoms with E-state index in [9.17, 15) is 0 Å². The van der Waals surface area contributed by atoms with Gasteiger partial charge in [0.05, 0.1) is 22.1 Å². The van der Waals surface area contributed by atoms with Crippen molar-refractivity contribution in [2.24, 2.45) is 0 Å². The van der Waals surface area contributed by atoms with Gasteiger partial charge in [0.1, 0.15) is 18.3 Å². The van der Waals surface area contributed by atoms with Gasteiger partial charge in [-0.15, -0.1) is 22.7 Å². The third kappa shape index (κ3) is 3.00. The maximum absolute atomic E-state index is 5.48. The van der Waals surface area contributed by atoms with E-state index in [0.717, 1.165) is 33.4 Å². The summed E-state index contributed by atoms with van der Waals surface area (Å²) in [5, 5.41) is 7.43. The molecule has 3 heterocycles. The zero-order valence-electron chi connectivity index (χ0n) is 13.5. The molecule has 4 rings (SSSR count). The van der Waals surface area contributed by atoms with Gasteiger partial charge in [0, 0.05) is 6.07 Å². The lowest BCUT2D eigenvalue weighted by atomic mass is 10.2. The van der Waals surface area contributed by atoms with E-state index in [0.29, 0.717) is 6.04 Å². The summed E-state index contributed by atoms with van der Waals surface area (Å²) in [6.07, 6.45) is 0. The number of nitrogens with one attached hydrogen (secondary N) is 1. The molecule has 0 saturated heterocycles. The fraction of sp³-hybridized carbons (Fsp3) is 0.222. The molecule has 1 unspecified atom stereocenters. The van der Waals surface area contributed by atoms with Crippen LogP contribution in [0.25, 0.3) is 20.9 Å². The number of thiazole rings is 1. The molecule has 2 atom stereocenters. The minimum Gasteiger partial charge on any atom is -0.355 e. The van der Waals surface area contributed by atoms with Crippen molar-refractivity contribution in [1.29, 1.82) is 0 Å². The van der Waals surface area contributed by atoms with E-state index in [1.54, 1.807) is 22.7 Å². The molecule has 4 aromatic rings. The molecular weight excluding hydrogens is 338 g/mol. The zero-order chi connectivity index (χ0) is 16.5. The number of rotatable bonds is 5. The second-order valence-electron chi connectivity index (χ2n) is 5.92. The molecule has 0 aliphatic heterocycles. The van der Waals surface area contributed by atoms with Crippen molar-refractivity contribution in [3.8, 4) is 10.6 Å². The van der Waals surface area contributed by atoms with Crippen LogP contribution >= 0.6 is 22.7 Å². The van der Waals surface area contributed by atoms with Crippen LogP contribution in [0.3, 0.4) is 0 Å². The van der Waals surface area contributed by atoms with E-state index >= 15 is 0 Å². The third-order valence-electron chi connectivity index (χ3n) is 4.20. The lowest BCUT2D eigenvalue weighted by Crippen LogP contribution is -3.07. The number of para-hydroxylation sites is 1.